The fourth-order valence-corrected chi connectivity index (χ4v) is 4.49. The van der Waals surface area contributed by atoms with Crippen LogP contribution in [0.4, 0.5) is 4.39 Å². The van der Waals surface area contributed by atoms with E-state index in [1.54, 1.807) is 18.2 Å². The number of rotatable bonds is 8. The first-order chi connectivity index (χ1) is 15.3. The lowest BCUT2D eigenvalue weighted by atomic mass is 10.2. The van der Waals surface area contributed by atoms with Crippen molar-refractivity contribution in [3.05, 3.63) is 99.2 Å². The summed E-state index contributed by atoms with van der Waals surface area (Å²) in [6, 6.07) is 18.5. The van der Waals surface area contributed by atoms with Crippen LogP contribution in [0.25, 0.3) is 0 Å². The Labute approximate surface area is 198 Å². The number of sulfonamides is 1. The molecule has 0 bridgehead atoms. The first-order valence-electron chi connectivity index (χ1n) is 9.32. The van der Waals surface area contributed by atoms with Crippen molar-refractivity contribution in [2.75, 3.05) is 6.54 Å². The van der Waals surface area contributed by atoms with Gasteiger partial charge in [-0.05, 0) is 48.0 Å². The van der Waals surface area contributed by atoms with Crippen LogP contribution >= 0.6 is 27.5 Å². The SMILES string of the molecule is O=C(CN(Cc1ccccc1F)S(=O)(=O)c1ccc(Cl)cc1)N/N=C\c1ccc(Br)cc1. The molecule has 3 aromatic rings. The maximum atomic E-state index is 14.2. The largest absolute Gasteiger partial charge is 0.272 e. The lowest BCUT2D eigenvalue weighted by Crippen LogP contribution is -2.39. The molecule has 0 heterocycles. The van der Waals surface area contributed by atoms with Crippen LogP contribution in [0.5, 0.6) is 0 Å². The minimum Gasteiger partial charge on any atom is -0.272 e. The van der Waals surface area contributed by atoms with Crippen LogP contribution in [-0.2, 0) is 21.4 Å². The Hall–Kier alpha value is -2.59. The molecule has 0 aliphatic rings. The van der Waals surface area contributed by atoms with Gasteiger partial charge in [-0.3, -0.25) is 4.79 Å². The number of nitrogens with one attached hydrogen (secondary N) is 1. The molecule has 0 saturated heterocycles. The third-order valence-electron chi connectivity index (χ3n) is 4.35. The molecule has 0 aromatic heterocycles. The van der Waals surface area contributed by atoms with E-state index in [1.165, 1.54) is 48.7 Å². The molecule has 1 N–H and O–H groups in total. The summed E-state index contributed by atoms with van der Waals surface area (Å²) in [4.78, 5) is 12.4. The van der Waals surface area contributed by atoms with E-state index in [4.69, 9.17) is 11.6 Å². The molecule has 0 saturated carbocycles. The Bertz CT molecular complexity index is 1220. The van der Waals surface area contributed by atoms with Crippen molar-refractivity contribution >= 4 is 49.7 Å². The molecule has 166 valence electrons. The van der Waals surface area contributed by atoms with Crippen LogP contribution in [0, 0.1) is 5.82 Å². The summed E-state index contributed by atoms with van der Waals surface area (Å²) in [5.41, 5.74) is 3.18. The van der Waals surface area contributed by atoms with Gasteiger partial charge < -0.3 is 0 Å². The van der Waals surface area contributed by atoms with E-state index in [0.717, 1.165) is 14.3 Å². The first kappa shape index (κ1) is 24.1. The molecule has 0 aliphatic heterocycles. The number of hydrogen-bond acceptors (Lipinski definition) is 4. The van der Waals surface area contributed by atoms with E-state index in [1.807, 2.05) is 12.1 Å². The highest BCUT2D eigenvalue weighted by atomic mass is 79.9. The highest BCUT2D eigenvalue weighted by Crippen LogP contribution is 2.21. The Kier molecular flexibility index (Phi) is 8.14. The van der Waals surface area contributed by atoms with Crippen LogP contribution < -0.4 is 5.43 Å². The molecule has 3 rings (SSSR count). The summed E-state index contributed by atoms with van der Waals surface area (Å²) in [6.45, 7) is -0.890. The van der Waals surface area contributed by atoms with Crippen molar-refractivity contribution in [3.8, 4) is 0 Å². The van der Waals surface area contributed by atoms with Gasteiger partial charge in [0, 0.05) is 21.6 Å². The number of halogens is 3. The minimum atomic E-state index is -4.12. The van der Waals surface area contributed by atoms with Gasteiger partial charge in [0.15, 0.2) is 0 Å². The Balaban J connectivity index is 1.80. The molecule has 3 aromatic carbocycles. The van der Waals surface area contributed by atoms with E-state index in [0.29, 0.717) is 5.02 Å². The molecule has 1 amide bonds. The zero-order chi connectivity index (χ0) is 23.1. The van der Waals surface area contributed by atoms with Crippen LogP contribution in [0.2, 0.25) is 5.02 Å². The van der Waals surface area contributed by atoms with Gasteiger partial charge in [-0.1, -0.05) is 57.9 Å². The zero-order valence-corrected chi connectivity index (χ0v) is 19.7. The summed E-state index contributed by atoms with van der Waals surface area (Å²) in [7, 11) is -4.12. The monoisotopic (exact) mass is 537 g/mol. The molecule has 10 heteroatoms. The predicted octanol–water partition coefficient (Wildman–Crippen LogP) is 4.58. The van der Waals surface area contributed by atoms with Crippen LogP contribution in [-0.4, -0.2) is 31.4 Å². The molecule has 6 nitrogen and oxygen atoms in total. The summed E-state index contributed by atoms with van der Waals surface area (Å²) in [6.07, 6.45) is 1.43. The van der Waals surface area contributed by atoms with Gasteiger partial charge in [0.2, 0.25) is 10.0 Å². The van der Waals surface area contributed by atoms with Crippen molar-refractivity contribution < 1.29 is 17.6 Å². The van der Waals surface area contributed by atoms with E-state index in [2.05, 4.69) is 26.5 Å². The lowest BCUT2D eigenvalue weighted by molar-refractivity contribution is -0.121. The average molecular weight is 539 g/mol. The minimum absolute atomic E-state index is 0.0654. The summed E-state index contributed by atoms with van der Waals surface area (Å²) in [5, 5.41) is 4.23. The molecular formula is C22H18BrClFN3O3S. The number of nitrogens with zero attached hydrogens (tertiary/aromatic N) is 2. The van der Waals surface area contributed by atoms with Crippen LogP contribution in [0.1, 0.15) is 11.1 Å². The predicted molar refractivity (Wildman–Crippen MR) is 125 cm³/mol. The van der Waals surface area contributed by atoms with Crippen molar-refractivity contribution in [1.29, 1.82) is 0 Å². The average Bonchev–Trinajstić information content (AvgIpc) is 2.76. The number of amides is 1. The highest BCUT2D eigenvalue weighted by Gasteiger charge is 2.27. The van der Waals surface area contributed by atoms with Crippen molar-refractivity contribution in [1.82, 2.24) is 9.73 Å². The summed E-state index contributed by atoms with van der Waals surface area (Å²) >= 11 is 9.18. The fraction of sp³-hybridized carbons (Fsp3) is 0.0909. The maximum Gasteiger partial charge on any atom is 0.255 e. The van der Waals surface area contributed by atoms with E-state index in [9.17, 15) is 17.6 Å². The Morgan fingerprint density at radius 3 is 2.38 bits per heavy atom. The third-order valence-corrected chi connectivity index (χ3v) is 6.94. The maximum absolute atomic E-state index is 14.2. The molecule has 0 aliphatic carbocycles. The number of hydrazone groups is 1. The highest BCUT2D eigenvalue weighted by molar-refractivity contribution is 9.10. The van der Waals surface area contributed by atoms with Gasteiger partial charge in [-0.2, -0.15) is 9.41 Å². The third kappa shape index (κ3) is 6.46. The van der Waals surface area contributed by atoms with Gasteiger partial charge in [0.1, 0.15) is 5.82 Å². The van der Waals surface area contributed by atoms with E-state index in [-0.39, 0.29) is 17.0 Å². The van der Waals surface area contributed by atoms with Gasteiger partial charge in [0.05, 0.1) is 17.7 Å². The van der Waals surface area contributed by atoms with Crippen LogP contribution in [0.15, 0.2) is 87.3 Å². The number of carbonyl (C=O) groups excluding carboxylic acids is 1. The second kappa shape index (κ2) is 10.8. The number of hydrogen-bond donors (Lipinski definition) is 1. The quantitative estimate of drug-likeness (QED) is 0.337. The normalized spacial score (nSPS) is 11.8. The van der Waals surface area contributed by atoms with Gasteiger partial charge in [0.25, 0.3) is 5.91 Å². The van der Waals surface area contributed by atoms with Crippen molar-refractivity contribution in [2.45, 2.75) is 11.4 Å². The Morgan fingerprint density at radius 1 is 1.06 bits per heavy atom. The van der Waals surface area contributed by atoms with Crippen molar-refractivity contribution in [2.24, 2.45) is 5.10 Å². The first-order valence-corrected chi connectivity index (χ1v) is 11.9. The molecule has 0 radical (unpaired) electrons. The van der Waals surface area contributed by atoms with Gasteiger partial charge >= 0.3 is 0 Å². The van der Waals surface area contributed by atoms with E-state index >= 15 is 0 Å². The molecule has 32 heavy (non-hydrogen) atoms. The van der Waals surface area contributed by atoms with E-state index < -0.39 is 28.3 Å². The Morgan fingerprint density at radius 2 is 1.72 bits per heavy atom. The summed E-state index contributed by atoms with van der Waals surface area (Å²) in [5.74, 6) is -1.25. The lowest BCUT2D eigenvalue weighted by Gasteiger charge is -2.21. The topological polar surface area (TPSA) is 78.8 Å². The van der Waals surface area contributed by atoms with Gasteiger partial charge in [-0.15, -0.1) is 0 Å². The van der Waals surface area contributed by atoms with Crippen LogP contribution in [0.3, 0.4) is 0 Å². The van der Waals surface area contributed by atoms with Gasteiger partial charge in [-0.25, -0.2) is 18.2 Å². The molecule has 0 atom stereocenters. The number of benzene rings is 3. The standard InChI is InChI=1S/C22H18BrClFN3O3S/c23-18-7-5-16(6-8-18)13-26-27-22(29)15-28(14-17-3-1-2-4-21(17)25)32(30,31)20-11-9-19(24)10-12-20/h1-13H,14-15H2,(H,27,29)/b26-13-. The fourth-order valence-electron chi connectivity index (χ4n) is 2.72. The molecule has 0 fully saturated rings. The molecule has 0 spiro atoms. The smallest absolute Gasteiger partial charge is 0.255 e. The summed E-state index contributed by atoms with van der Waals surface area (Å²) < 4.78 is 42.3. The molecular weight excluding hydrogens is 521 g/mol. The zero-order valence-electron chi connectivity index (χ0n) is 16.6. The molecule has 0 unspecified atom stereocenters. The second-order valence-corrected chi connectivity index (χ2v) is 9.95. The number of carbonyl (C=O) groups is 1. The second-order valence-electron chi connectivity index (χ2n) is 6.66. The van der Waals surface area contributed by atoms with Crippen molar-refractivity contribution in [3.63, 3.8) is 0 Å².